The van der Waals surface area contributed by atoms with Gasteiger partial charge in [0.15, 0.2) is 11.5 Å². The molecule has 2 aliphatic rings. The van der Waals surface area contributed by atoms with Crippen molar-refractivity contribution in [2.24, 2.45) is 0 Å². The molecule has 8 nitrogen and oxygen atoms in total. The second-order valence-corrected chi connectivity index (χ2v) is 10.2. The lowest BCUT2D eigenvalue weighted by atomic mass is 10.1. The summed E-state index contributed by atoms with van der Waals surface area (Å²) >= 11 is 0. The minimum atomic E-state index is -0.509. The predicted molar refractivity (Wildman–Crippen MR) is 120 cm³/mol. The molecule has 0 aromatic heterocycles. The Morgan fingerprint density at radius 1 is 0.781 bits per heavy atom. The number of hydrogen-bond acceptors (Lipinski definition) is 4. The van der Waals surface area contributed by atoms with Crippen LogP contribution in [0.25, 0.3) is 22.6 Å². The number of rotatable bonds is 6. The largest absolute Gasteiger partial charge is 1.00 e. The molecule has 0 atom stereocenters. The first kappa shape index (κ1) is 28.9. The highest BCUT2D eigenvalue weighted by Gasteiger charge is 2.23. The number of quaternary nitrogens is 2. The van der Waals surface area contributed by atoms with Gasteiger partial charge in [-0.25, -0.2) is 9.78 Å². The van der Waals surface area contributed by atoms with Crippen molar-refractivity contribution >= 4 is 11.0 Å². The van der Waals surface area contributed by atoms with Crippen LogP contribution in [0.3, 0.4) is 0 Å². The van der Waals surface area contributed by atoms with Crippen molar-refractivity contribution in [3.8, 4) is 11.5 Å². The van der Waals surface area contributed by atoms with Crippen LogP contribution in [0.15, 0.2) is 21.7 Å². The van der Waals surface area contributed by atoms with E-state index in [1.807, 2.05) is 38.7 Å². The van der Waals surface area contributed by atoms with Crippen LogP contribution in [0.2, 0.25) is 0 Å². The van der Waals surface area contributed by atoms with Gasteiger partial charge in [0.1, 0.15) is 0 Å². The average molecular weight is 668 g/mol. The first-order chi connectivity index (χ1) is 13.8. The van der Waals surface area contributed by atoms with Gasteiger partial charge in [0, 0.05) is 0 Å². The third-order valence-corrected chi connectivity index (χ3v) is 5.45. The Morgan fingerprint density at radius 2 is 1.28 bits per heavy atom. The summed E-state index contributed by atoms with van der Waals surface area (Å²) < 4.78 is 4.61. The van der Waals surface area contributed by atoms with Crippen LogP contribution in [0, 0.1) is 13.8 Å². The molecule has 0 radical (unpaired) electrons. The van der Waals surface area contributed by atoms with Gasteiger partial charge < -0.3 is 61.5 Å². The number of aromatic nitrogens is 4. The van der Waals surface area contributed by atoms with Crippen molar-refractivity contribution in [3.63, 3.8) is 0 Å². The molecule has 0 saturated carbocycles. The number of halogens is 2. The van der Waals surface area contributed by atoms with Gasteiger partial charge >= 0.3 is 5.69 Å². The molecule has 3 rings (SSSR count). The highest BCUT2D eigenvalue weighted by Crippen LogP contribution is 2.24. The standard InChI is InChI=1S/C22H34N6O2.2HI/c1-15-13-17-18(14-16(15)2)25(9-11-27(3,4)5)20-19(23-17)21(29)26(22(30)24-20)10-12-28(6,7)8;;/h13-14H,9-12H2,1-8H3;2*1H/q+2;;/p-2. The molecule has 0 N–H and O–H groups in total. The van der Waals surface area contributed by atoms with E-state index < -0.39 is 5.69 Å². The molecule has 32 heavy (non-hydrogen) atoms. The minimum Gasteiger partial charge on any atom is -1.00 e. The van der Waals surface area contributed by atoms with Crippen molar-refractivity contribution in [3.05, 3.63) is 44.1 Å². The van der Waals surface area contributed by atoms with E-state index in [-0.39, 0.29) is 59.2 Å². The van der Waals surface area contributed by atoms with Crippen molar-refractivity contribution in [1.82, 2.24) is 19.1 Å². The molecule has 1 aromatic rings. The Labute approximate surface area is 223 Å². The van der Waals surface area contributed by atoms with Crippen LogP contribution in [0.1, 0.15) is 11.1 Å². The van der Waals surface area contributed by atoms with Crippen molar-refractivity contribution in [2.45, 2.75) is 26.9 Å². The van der Waals surface area contributed by atoms with Gasteiger partial charge in [0.25, 0.3) is 5.56 Å². The maximum Gasteiger partial charge on any atom is 0.352 e. The molecule has 0 saturated heterocycles. The number of fused-ring (bicyclic) bond motifs is 2. The molecule has 0 bridgehead atoms. The summed E-state index contributed by atoms with van der Waals surface area (Å²) in [5.74, 6) is 0.371. The summed E-state index contributed by atoms with van der Waals surface area (Å²) in [5.41, 5.74) is 3.29. The van der Waals surface area contributed by atoms with Crippen LogP contribution in [0.4, 0.5) is 0 Å². The fraction of sp³-hybridized carbons (Fsp3) is 0.545. The molecule has 0 spiro atoms. The van der Waals surface area contributed by atoms with Gasteiger partial charge in [-0.1, -0.05) is 0 Å². The van der Waals surface area contributed by atoms with Gasteiger partial charge in [-0.05, 0) is 37.1 Å². The van der Waals surface area contributed by atoms with E-state index in [4.69, 9.17) is 0 Å². The number of hydrogen-bond donors (Lipinski definition) is 0. The molecule has 2 heterocycles. The molecule has 0 aliphatic carbocycles. The van der Waals surface area contributed by atoms with Crippen LogP contribution >= 0.6 is 0 Å². The Balaban J connectivity index is 0.00000256. The number of nitrogens with zero attached hydrogens (tertiary/aromatic N) is 6. The fourth-order valence-electron chi connectivity index (χ4n) is 3.35. The topological polar surface area (TPSA) is 69.8 Å². The lowest BCUT2D eigenvalue weighted by Crippen LogP contribution is -3.00. The molecule has 178 valence electrons. The predicted octanol–water partition coefficient (Wildman–Crippen LogP) is -4.90. The number of aryl methyl sites for hydroxylation is 2. The van der Waals surface area contributed by atoms with Gasteiger partial charge in [0.05, 0.1) is 79.5 Å². The summed E-state index contributed by atoms with van der Waals surface area (Å²) in [6.07, 6.45) is 0. The summed E-state index contributed by atoms with van der Waals surface area (Å²) in [6, 6.07) is 4.08. The van der Waals surface area contributed by atoms with E-state index in [9.17, 15) is 9.59 Å². The third kappa shape index (κ3) is 6.48. The maximum absolute atomic E-state index is 13.3. The zero-order valence-corrected chi connectivity index (χ0v) is 24.6. The zero-order chi connectivity index (χ0) is 22.4. The van der Waals surface area contributed by atoms with E-state index in [1.54, 1.807) is 0 Å². The second-order valence-electron chi connectivity index (χ2n) is 10.2. The molecule has 1 aromatic carbocycles. The van der Waals surface area contributed by atoms with Gasteiger partial charge in [0.2, 0.25) is 0 Å². The Bertz CT molecular complexity index is 1190. The Kier molecular flexibility index (Phi) is 9.42. The molecule has 0 unspecified atom stereocenters. The average Bonchev–Trinajstić information content (AvgIpc) is 2.59. The fourth-order valence-corrected chi connectivity index (χ4v) is 3.35. The quantitative estimate of drug-likeness (QED) is 0.150. The third-order valence-electron chi connectivity index (χ3n) is 5.45. The van der Waals surface area contributed by atoms with Gasteiger partial charge in [-0.3, -0.25) is 9.36 Å². The van der Waals surface area contributed by atoms with Crippen LogP contribution in [-0.2, 0) is 13.1 Å². The molecular weight excluding hydrogens is 634 g/mol. The molecule has 10 heteroatoms. The summed E-state index contributed by atoms with van der Waals surface area (Å²) in [6.45, 7) is 6.52. The Morgan fingerprint density at radius 3 is 1.81 bits per heavy atom. The summed E-state index contributed by atoms with van der Waals surface area (Å²) in [7, 11) is 12.4. The SMILES string of the molecule is Cc1cc2nc3c(=O)n(CC[N+](C)(C)C)c(=O)nc-3n(CC[N+](C)(C)C)c2cc1C.[I-].[I-]. The van der Waals surface area contributed by atoms with Crippen LogP contribution in [0.5, 0.6) is 0 Å². The lowest BCUT2D eigenvalue weighted by molar-refractivity contribution is -0.871. The lowest BCUT2D eigenvalue weighted by Gasteiger charge is -2.26. The monoisotopic (exact) mass is 668 g/mol. The molecular formula is C22H34I2N6O2. The van der Waals surface area contributed by atoms with E-state index >= 15 is 0 Å². The number of likely N-dealkylation sites (N-methyl/N-ethyl adjacent to an activating group) is 2. The van der Waals surface area contributed by atoms with Crippen molar-refractivity contribution < 1.29 is 56.9 Å². The molecule has 0 amide bonds. The van der Waals surface area contributed by atoms with Gasteiger partial charge in [-0.2, -0.15) is 4.98 Å². The maximum atomic E-state index is 13.3. The van der Waals surface area contributed by atoms with Crippen molar-refractivity contribution in [2.75, 3.05) is 55.4 Å². The molecule has 2 aliphatic heterocycles. The number of benzene rings is 1. The van der Waals surface area contributed by atoms with Crippen LogP contribution < -0.4 is 59.2 Å². The normalized spacial score (nSPS) is 12.0. The summed E-state index contributed by atoms with van der Waals surface area (Å²) in [5, 5.41) is 0. The van der Waals surface area contributed by atoms with E-state index in [2.05, 4.69) is 44.1 Å². The van der Waals surface area contributed by atoms with E-state index in [0.29, 0.717) is 29.9 Å². The van der Waals surface area contributed by atoms with Crippen molar-refractivity contribution in [1.29, 1.82) is 0 Å². The second kappa shape index (κ2) is 10.4. The first-order valence-electron chi connectivity index (χ1n) is 10.3. The summed E-state index contributed by atoms with van der Waals surface area (Å²) in [4.78, 5) is 35.0. The first-order valence-corrected chi connectivity index (χ1v) is 10.3. The molecule has 0 fully saturated rings. The zero-order valence-electron chi connectivity index (χ0n) is 20.2. The van der Waals surface area contributed by atoms with E-state index in [1.165, 1.54) is 4.57 Å². The highest BCUT2D eigenvalue weighted by molar-refractivity contribution is 5.81. The van der Waals surface area contributed by atoms with Crippen LogP contribution in [-0.4, -0.2) is 83.4 Å². The highest BCUT2D eigenvalue weighted by atomic mass is 127. The van der Waals surface area contributed by atoms with E-state index in [0.717, 1.165) is 33.2 Å². The smallest absolute Gasteiger partial charge is 0.352 e. The minimum absolute atomic E-state index is 0. The Hall–Kier alpha value is -1.12. The van der Waals surface area contributed by atoms with Gasteiger partial charge in [-0.15, -0.1) is 0 Å².